The van der Waals surface area contributed by atoms with Crippen molar-refractivity contribution in [3.05, 3.63) is 35.4 Å². The normalized spacial score (nSPS) is 15.8. The van der Waals surface area contributed by atoms with E-state index in [9.17, 15) is 0 Å². The molecule has 0 bridgehead atoms. The van der Waals surface area contributed by atoms with E-state index in [2.05, 4.69) is 36.1 Å². The molecule has 0 atom stereocenters. The van der Waals surface area contributed by atoms with Crippen LogP contribution in [0.15, 0.2) is 24.3 Å². The number of para-hydroxylation sites is 1. The van der Waals surface area contributed by atoms with Crippen molar-refractivity contribution in [3.8, 4) is 0 Å². The lowest BCUT2D eigenvalue weighted by molar-refractivity contribution is 0.572. The zero-order valence-electron chi connectivity index (χ0n) is 12.2. The molecule has 0 spiro atoms. The first-order valence-electron chi connectivity index (χ1n) is 7.64. The van der Waals surface area contributed by atoms with Gasteiger partial charge < -0.3 is 10.6 Å². The predicted octanol–water partition coefficient (Wildman–Crippen LogP) is 3.03. The minimum absolute atomic E-state index is 0.680. The molecule has 2 aromatic rings. The second-order valence-electron chi connectivity index (χ2n) is 5.70. The first kappa shape index (κ1) is 13.4. The molecule has 1 saturated heterocycles. The molecule has 0 saturated carbocycles. The maximum Gasteiger partial charge on any atom is 0.132 e. The Kier molecular flexibility index (Phi) is 3.88. The van der Waals surface area contributed by atoms with Crippen molar-refractivity contribution in [2.45, 2.75) is 32.6 Å². The predicted molar refractivity (Wildman–Crippen MR) is 85.3 cm³/mol. The average molecular weight is 269 g/mol. The lowest BCUT2D eigenvalue weighted by Gasteiger charge is -2.30. The van der Waals surface area contributed by atoms with E-state index >= 15 is 0 Å². The van der Waals surface area contributed by atoms with Gasteiger partial charge >= 0.3 is 0 Å². The summed E-state index contributed by atoms with van der Waals surface area (Å²) >= 11 is 0. The van der Waals surface area contributed by atoms with Crippen LogP contribution in [0.5, 0.6) is 0 Å². The van der Waals surface area contributed by atoms with Crippen LogP contribution in [-0.4, -0.2) is 24.6 Å². The van der Waals surface area contributed by atoms with Crippen LogP contribution in [0.3, 0.4) is 0 Å². The standard InChI is InChI=1S/C17H23N3/c1-13-6-5-7-14-12-15(8-9-18)17(19-16(13)14)20-10-3-2-4-11-20/h5-7,12H,2-4,8-11,18H2,1H3. The van der Waals surface area contributed by atoms with Crippen molar-refractivity contribution in [2.24, 2.45) is 5.73 Å². The van der Waals surface area contributed by atoms with Crippen molar-refractivity contribution >= 4 is 16.7 Å². The molecule has 2 heterocycles. The monoisotopic (exact) mass is 269 g/mol. The number of hydrogen-bond donors (Lipinski definition) is 1. The number of piperidine rings is 1. The summed E-state index contributed by atoms with van der Waals surface area (Å²) in [5.41, 5.74) is 9.47. The summed E-state index contributed by atoms with van der Waals surface area (Å²) < 4.78 is 0. The zero-order chi connectivity index (χ0) is 13.9. The highest BCUT2D eigenvalue weighted by Gasteiger charge is 2.17. The second kappa shape index (κ2) is 5.80. The third-order valence-electron chi connectivity index (χ3n) is 4.17. The van der Waals surface area contributed by atoms with Crippen molar-refractivity contribution in [3.63, 3.8) is 0 Å². The first-order chi connectivity index (χ1) is 9.79. The van der Waals surface area contributed by atoms with Gasteiger partial charge in [-0.2, -0.15) is 0 Å². The molecule has 1 aromatic carbocycles. The van der Waals surface area contributed by atoms with E-state index in [0.717, 1.165) is 30.8 Å². The maximum atomic E-state index is 5.79. The van der Waals surface area contributed by atoms with Crippen LogP contribution in [0.4, 0.5) is 5.82 Å². The highest BCUT2D eigenvalue weighted by atomic mass is 15.2. The first-order valence-corrected chi connectivity index (χ1v) is 7.64. The Morgan fingerprint density at radius 1 is 1.20 bits per heavy atom. The van der Waals surface area contributed by atoms with Gasteiger partial charge in [0.1, 0.15) is 5.82 Å². The quantitative estimate of drug-likeness (QED) is 0.931. The number of nitrogens with zero attached hydrogens (tertiary/aromatic N) is 2. The largest absolute Gasteiger partial charge is 0.356 e. The molecule has 1 aromatic heterocycles. The number of aromatic nitrogens is 1. The molecule has 2 N–H and O–H groups in total. The summed E-state index contributed by atoms with van der Waals surface area (Å²) in [5.74, 6) is 1.16. The summed E-state index contributed by atoms with van der Waals surface area (Å²) in [6.07, 6.45) is 4.79. The molecule has 3 heteroatoms. The lowest BCUT2D eigenvalue weighted by Crippen LogP contribution is -2.31. The second-order valence-corrected chi connectivity index (χ2v) is 5.70. The molecule has 0 radical (unpaired) electrons. The SMILES string of the molecule is Cc1cccc2cc(CCN)c(N3CCCCC3)nc12. The Morgan fingerprint density at radius 3 is 2.75 bits per heavy atom. The van der Waals surface area contributed by atoms with Crippen LogP contribution in [0.1, 0.15) is 30.4 Å². The Labute approximate surface area is 120 Å². The molecule has 20 heavy (non-hydrogen) atoms. The molecule has 0 amide bonds. The third kappa shape index (κ3) is 2.50. The summed E-state index contributed by atoms with van der Waals surface area (Å²) in [7, 11) is 0. The van der Waals surface area contributed by atoms with Gasteiger partial charge in [-0.05, 0) is 56.3 Å². The van der Waals surface area contributed by atoms with Crippen LogP contribution in [0.2, 0.25) is 0 Å². The van der Waals surface area contributed by atoms with Crippen LogP contribution in [-0.2, 0) is 6.42 Å². The van der Waals surface area contributed by atoms with E-state index in [1.54, 1.807) is 0 Å². The topological polar surface area (TPSA) is 42.1 Å². The van der Waals surface area contributed by atoms with Crippen LogP contribution < -0.4 is 10.6 Å². The van der Waals surface area contributed by atoms with Gasteiger partial charge in [-0.1, -0.05) is 18.2 Å². The summed E-state index contributed by atoms with van der Waals surface area (Å²) in [6.45, 7) is 5.07. The number of aryl methyl sites for hydroxylation is 1. The molecule has 3 rings (SSSR count). The highest BCUT2D eigenvalue weighted by molar-refractivity contribution is 5.84. The van der Waals surface area contributed by atoms with Crippen molar-refractivity contribution in [1.82, 2.24) is 4.98 Å². The van der Waals surface area contributed by atoms with Gasteiger partial charge in [0.05, 0.1) is 5.52 Å². The molecule has 106 valence electrons. The summed E-state index contributed by atoms with van der Waals surface area (Å²) in [5, 5.41) is 1.23. The summed E-state index contributed by atoms with van der Waals surface area (Å²) in [4.78, 5) is 7.43. The van der Waals surface area contributed by atoms with Gasteiger partial charge in [-0.3, -0.25) is 0 Å². The number of hydrogen-bond acceptors (Lipinski definition) is 3. The minimum atomic E-state index is 0.680. The molecule has 1 fully saturated rings. The van der Waals surface area contributed by atoms with Gasteiger partial charge in [0.2, 0.25) is 0 Å². The number of nitrogens with two attached hydrogens (primary N) is 1. The zero-order valence-corrected chi connectivity index (χ0v) is 12.2. The van der Waals surface area contributed by atoms with E-state index in [-0.39, 0.29) is 0 Å². The number of rotatable bonds is 3. The fraction of sp³-hybridized carbons (Fsp3) is 0.471. The van der Waals surface area contributed by atoms with Crippen molar-refractivity contribution in [1.29, 1.82) is 0 Å². The molecule has 1 aliphatic rings. The number of fused-ring (bicyclic) bond motifs is 1. The highest BCUT2D eigenvalue weighted by Crippen LogP contribution is 2.27. The van der Waals surface area contributed by atoms with Gasteiger partial charge in [-0.15, -0.1) is 0 Å². The van der Waals surface area contributed by atoms with E-state index < -0.39 is 0 Å². The van der Waals surface area contributed by atoms with E-state index in [4.69, 9.17) is 10.7 Å². The Morgan fingerprint density at radius 2 is 2.00 bits per heavy atom. The van der Waals surface area contributed by atoms with E-state index in [0.29, 0.717) is 6.54 Å². The molecular formula is C17H23N3. The Balaban J connectivity index is 2.11. The maximum absolute atomic E-state index is 5.79. The molecule has 0 unspecified atom stereocenters. The Hall–Kier alpha value is -1.61. The number of benzene rings is 1. The van der Waals surface area contributed by atoms with Crippen LogP contribution >= 0.6 is 0 Å². The van der Waals surface area contributed by atoms with Gasteiger partial charge in [0, 0.05) is 18.5 Å². The minimum Gasteiger partial charge on any atom is -0.356 e. The van der Waals surface area contributed by atoms with Crippen LogP contribution in [0, 0.1) is 6.92 Å². The Bertz CT molecular complexity index is 600. The number of anilines is 1. The fourth-order valence-electron chi connectivity index (χ4n) is 3.10. The van der Waals surface area contributed by atoms with Gasteiger partial charge in [0.15, 0.2) is 0 Å². The lowest BCUT2D eigenvalue weighted by atomic mass is 10.0. The molecule has 3 nitrogen and oxygen atoms in total. The average Bonchev–Trinajstić information content (AvgIpc) is 2.48. The van der Waals surface area contributed by atoms with Crippen molar-refractivity contribution < 1.29 is 0 Å². The van der Waals surface area contributed by atoms with Crippen LogP contribution in [0.25, 0.3) is 10.9 Å². The molecule has 0 aliphatic carbocycles. The molecule has 1 aliphatic heterocycles. The third-order valence-corrected chi connectivity index (χ3v) is 4.17. The number of pyridine rings is 1. The molecular weight excluding hydrogens is 246 g/mol. The van der Waals surface area contributed by atoms with Gasteiger partial charge in [-0.25, -0.2) is 4.98 Å². The van der Waals surface area contributed by atoms with E-state index in [1.165, 1.54) is 35.8 Å². The fourth-order valence-corrected chi connectivity index (χ4v) is 3.10. The summed E-state index contributed by atoms with van der Waals surface area (Å²) in [6, 6.07) is 8.67. The van der Waals surface area contributed by atoms with Gasteiger partial charge in [0.25, 0.3) is 0 Å². The van der Waals surface area contributed by atoms with E-state index in [1.807, 2.05) is 0 Å². The smallest absolute Gasteiger partial charge is 0.132 e. The van der Waals surface area contributed by atoms with Crippen molar-refractivity contribution in [2.75, 3.05) is 24.5 Å².